The molecule has 0 radical (unpaired) electrons. The van der Waals surface area contributed by atoms with Crippen molar-refractivity contribution in [1.29, 1.82) is 0 Å². The lowest BCUT2D eigenvalue weighted by Crippen LogP contribution is -2.50. The molecule has 0 spiro atoms. The van der Waals surface area contributed by atoms with E-state index >= 15 is 0 Å². The molecule has 0 bridgehead atoms. The zero-order valence-corrected chi connectivity index (χ0v) is 17.1. The van der Waals surface area contributed by atoms with E-state index in [-0.39, 0.29) is 22.5 Å². The Bertz CT molecular complexity index is 1100. The summed E-state index contributed by atoms with van der Waals surface area (Å²) in [6.45, 7) is 0. The fourth-order valence-electron chi connectivity index (χ4n) is 2.71. The summed E-state index contributed by atoms with van der Waals surface area (Å²) < 4.78 is 0. The second kappa shape index (κ2) is 11.5. The van der Waals surface area contributed by atoms with Crippen molar-refractivity contribution in [2.24, 2.45) is 9.98 Å². The number of isocyanates is 2. The summed E-state index contributed by atoms with van der Waals surface area (Å²) in [5, 5.41) is 39.9. The highest BCUT2D eigenvalue weighted by Crippen LogP contribution is 2.17. The molecule has 174 valence electrons. The number of aliphatic imine (C=N–C) groups is 2. The van der Waals surface area contributed by atoms with Crippen LogP contribution in [0.3, 0.4) is 0 Å². The van der Waals surface area contributed by atoms with Crippen molar-refractivity contribution in [3.63, 3.8) is 0 Å². The molecule has 0 aliphatic heterocycles. The maximum absolute atomic E-state index is 12.3. The summed E-state index contributed by atoms with van der Waals surface area (Å²) in [6, 6.07) is 9.34. The van der Waals surface area contributed by atoms with Crippen molar-refractivity contribution in [1.82, 2.24) is 0 Å². The van der Waals surface area contributed by atoms with Crippen LogP contribution in [0.15, 0.2) is 58.5 Å². The molecule has 12 heteroatoms. The van der Waals surface area contributed by atoms with Crippen LogP contribution in [0.25, 0.3) is 0 Å². The lowest BCUT2D eigenvalue weighted by molar-refractivity contribution is -0.150. The normalized spacial score (nSPS) is 13.9. The number of ketones is 4. The van der Waals surface area contributed by atoms with Crippen LogP contribution in [0, 0.1) is 0 Å². The Morgan fingerprint density at radius 1 is 0.588 bits per heavy atom. The number of carbonyl (C=O) groups is 4. The van der Waals surface area contributed by atoms with Crippen LogP contribution >= 0.6 is 0 Å². The third-order valence-electron chi connectivity index (χ3n) is 4.57. The van der Waals surface area contributed by atoms with Crippen LogP contribution in [-0.4, -0.2) is 80.1 Å². The Balaban J connectivity index is 2.09. The molecular weight excluding hydrogens is 452 g/mol. The molecule has 4 N–H and O–H groups in total. The number of benzene rings is 2. The molecule has 0 aromatic heterocycles. The number of carbonyl (C=O) groups excluding carboxylic acids is 6. The Kier molecular flexibility index (Phi) is 8.82. The molecule has 0 saturated carbocycles. The smallest absolute Gasteiger partial charge is 0.240 e. The van der Waals surface area contributed by atoms with Gasteiger partial charge in [0.15, 0.2) is 23.8 Å². The summed E-state index contributed by atoms with van der Waals surface area (Å²) in [7, 11) is 0. The van der Waals surface area contributed by atoms with E-state index in [0.29, 0.717) is 0 Å². The van der Waals surface area contributed by atoms with Gasteiger partial charge in [0, 0.05) is 11.1 Å². The van der Waals surface area contributed by atoms with E-state index in [1.54, 1.807) is 0 Å². The van der Waals surface area contributed by atoms with Gasteiger partial charge >= 0.3 is 0 Å². The third-order valence-corrected chi connectivity index (χ3v) is 4.57. The fraction of sp³-hybridized carbons (Fsp3) is 0.182. The van der Waals surface area contributed by atoms with Gasteiger partial charge in [-0.2, -0.15) is 9.98 Å². The molecule has 2 aromatic carbocycles. The summed E-state index contributed by atoms with van der Waals surface area (Å²) in [4.78, 5) is 76.0. The number of aliphatic hydroxyl groups is 4. The second-order valence-electron chi connectivity index (χ2n) is 6.73. The topological polar surface area (TPSA) is 208 Å². The van der Waals surface area contributed by atoms with E-state index in [0.717, 1.165) is 24.3 Å². The summed E-state index contributed by atoms with van der Waals surface area (Å²) in [5.74, 6) is -5.70. The Morgan fingerprint density at radius 3 is 1.15 bits per heavy atom. The Hall–Kier alpha value is -4.28. The van der Waals surface area contributed by atoms with Crippen molar-refractivity contribution < 1.29 is 49.2 Å². The predicted molar refractivity (Wildman–Crippen MR) is 111 cm³/mol. The predicted octanol–water partition coefficient (Wildman–Crippen LogP) is -0.731. The minimum absolute atomic E-state index is 0.137. The molecule has 0 aliphatic rings. The van der Waals surface area contributed by atoms with Gasteiger partial charge in [0.25, 0.3) is 0 Å². The van der Waals surface area contributed by atoms with Crippen LogP contribution in [0.2, 0.25) is 0 Å². The van der Waals surface area contributed by atoms with Crippen LogP contribution in [0.4, 0.5) is 11.4 Å². The second-order valence-corrected chi connectivity index (χ2v) is 6.73. The first-order valence-corrected chi connectivity index (χ1v) is 9.36. The number of nitrogens with zero attached hydrogens (tertiary/aromatic N) is 2. The first kappa shape index (κ1) is 26.0. The van der Waals surface area contributed by atoms with E-state index in [9.17, 15) is 49.2 Å². The largest absolute Gasteiger partial charge is 0.382 e. The number of hydrogen-bond donors (Lipinski definition) is 4. The van der Waals surface area contributed by atoms with Gasteiger partial charge in [-0.3, -0.25) is 19.2 Å². The van der Waals surface area contributed by atoms with Crippen molar-refractivity contribution in [3.8, 4) is 0 Å². The molecule has 0 heterocycles. The number of aliphatic hydroxyl groups excluding tert-OH is 4. The minimum atomic E-state index is -2.64. The highest BCUT2D eigenvalue weighted by atomic mass is 16.4. The summed E-state index contributed by atoms with van der Waals surface area (Å²) in [5.41, 5.74) is -0.149. The lowest BCUT2D eigenvalue weighted by atomic mass is 9.93. The van der Waals surface area contributed by atoms with Gasteiger partial charge in [-0.25, -0.2) is 9.59 Å². The minimum Gasteiger partial charge on any atom is -0.382 e. The van der Waals surface area contributed by atoms with Gasteiger partial charge in [0.05, 0.1) is 11.4 Å². The number of rotatable bonds is 11. The summed E-state index contributed by atoms with van der Waals surface area (Å²) >= 11 is 0. The molecule has 0 amide bonds. The van der Waals surface area contributed by atoms with Crippen molar-refractivity contribution in [2.45, 2.75) is 24.4 Å². The van der Waals surface area contributed by atoms with Gasteiger partial charge in [0.2, 0.25) is 23.7 Å². The third kappa shape index (κ3) is 5.94. The van der Waals surface area contributed by atoms with Gasteiger partial charge in [-0.15, -0.1) is 0 Å². The van der Waals surface area contributed by atoms with Crippen LogP contribution in [0.1, 0.15) is 20.7 Å². The van der Waals surface area contributed by atoms with E-state index in [1.807, 2.05) is 0 Å². The molecule has 0 aliphatic carbocycles. The van der Waals surface area contributed by atoms with Crippen LogP contribution < -0.4 is 0 Å². The van der Waals surface area contributed by atoms with Crippen molar-refractivity contribution >= 4 is 46.7 Å². The lowest BCUT2D eigenvalue weighted by Gasteiger charge is -2.20. The summed E-state index contributed by atoms with van der Waals surface area (Å²) in [6.07, 6.45) is -7.71. The van der Waals surface area contributed by atoms with Gasteiger partial charge in [0.1, 0.15) is 12.2 Å². The molecule has 34 heavy (non-hydrogen) atoms. The highest BCUT2D eigenvalue weighted by molar-refractivity contribution is 6.18. The van der Waals surface area contributed by atoms with E-state index in [2.05, 4.69) is 9.98 Å². The maximum Gasteiger partial charge on any atom is 0.240 e. The van der Waals surface area contributed by atoms with Crippen LogP contribution in [-0.2, 0) is 19.2 Å². The molecule has 0 fully saturated rings. The molecule has 2 rings (SSSR count). The standard InChI is InChI=1S/C22H16N2O10/c25-9-23-13-5-1-11(2-6-13)15(27)17(29)19(31)21(33)22(34)20(32)18(30)16(28)12-3-7-14(8-4-12)24-10-26/h1-8,17-18,21-22,29-30,33-34H. The van der Waals surface area contributed by atoms with E-state index in [4.69, 9.17) is 0 Å². The number of hydrogen-bond acceptors (Lipinski definition) is 12. The average molecular weight is 468 g/mol. The molecule has 4 atom stereocenters. The van der Waals surface area contributed by atoms with E-state index in [1.165, 1.54) is 36.4 Å². The first-order valence-electron chi connectivity index (χ1n) is 9.36. The monoisotopic (exact) mass is 468 g/mol. The quantitative estimate of drug-likeness (QED) is 0.141. The van der Waals surface area contributed by atoms with Crippen LogP contribution in [0.5, 0.6) is 0 Å². The Morgan fingerprint density at radius 2 is 0.882 bits per heavy atom. The fourth-order valence-corrected chi connectivity index (χ4v) is 2.71. The Labute approximate surface area is 190 Å². The van der Waals surface area contributed by atoms with Gasteiger partial charge in [-0.05, 0) is 48.5 Å². The van der Waals surface area contributed by atoms with Gasteiger partial charge in [-0.1, -0.05) is 0 Å². The molecular formula is C22H16N2O10. The average Bonchev–Trinajstić information content (AvgIpc) is 2.86. The maximum atomic E-state index is 12.3. The molecule has 4 unspecified atom stereocenters. The van der Waals surface area contributed by atoms with Crippen molar-refractivity contribution in [2.75, 3.05) is 0 Å². The van der Waals surface area contributed by atoms with Gasteiger partial charge < -0.3 is 20.4 Å². The molecule has 0 saturated heterocycles. The molecule has 2 aromatic rings. The zero-order chi connectivity index (χ0) is 25.4. The first-order chi connectivity index (χ1) is 16.1. The highest BCUT2D eigenvalue weighted by Gasteiger charge is 2.40. The molecule has 12 nitrogen and oxygen atoms in total. The zero-order valence-electron chi connectivity index (χ0n) is 17.1. The SMILES string of the molecule is O=C=Nc1ccc(C(=O)C(O)C(=O)C(O)C(O)C(=O)C(O)C(=O)c2ccc(N=C=O)cc2)cc1. The van der Waals surface area contributed by atoms with E-state index < -0.39 is 47.5 Å². The number of Topliss-reactive ketones (excluding diaryl/α,β-unsaturated/α-hetero) is 4. The van der Waals surface area contributed by atoms with Crippen molar-refractivity contribution in [3.05, 3.63) is 59.7 Å².